The van der Waals surface area contributed by atoms with Crippen LogP contribution in [0.15, 0.2) is 24.4 Å². The average molecular weight is 229 g/mol. The fourth-order valence-electron chi connectivity index (χ4n) is 2.69. The van der Waals surface area contributed by atoms with Crippen LogP contribution in [0, 0.1) is 5.92 Å². The topological polar surface area (TPSA) is 12.0 Å². The van der Waals surface area contributed by atoms with Gasteiger partial charge in [0.15, 0.2) is 0 Å². The van der Waals surface area contributed by atoms with Crippen molar-refractivity contribution in [3.05, 3.63) is 41.1 Å². The lowest BCUT2D eigenvalue weighted by Crippen LogP contribution is -2.21. The molecule has 1 unspecified atom stereocenters. The molecule has 0 fully saturated rings. The minimum atomic E-state index is 0.595. The third kappa shape index (κ3) is 2.38. The number of nitrogens with one attached hydrogen (secondary N) is 1. The van der Waals surface area contributed by atoms with E-state index in [1.54, 1.807) is 5.56 Å². The van der Waals surface area contributed by atoms with Gasteiger partial charge in [-0.15, -0.1) is 0 Å². The molecule has 1 nitrogen and oxygen atoms in total. The van der Waals surface area contributed by atoms with E-state index in [2.05, 4.69) is 63.5 Å². The van der Waals surface area contributed by atoms with Crippen molar-refractivity contribution in [2.24, 2.45) is 5.92 Å². The third-order valence-corrected chi connectivity index (χ3v) is 3.69. The van der Waals surface area contributed by atoms with Crippen molar-refractivity contribution in [1.82, 2.24) is 5.32 Å². The third-order valence-electron chi connectivity index (χ3n) is 3.69. The molecule has 0 amide bonds. The lowest BCUT2D eigenvalue weighted by atomic mass is 9.80. The summed E-state index contributed by atoms with van der Waals surface area (Å²) in [7, 11) is 0. The summed E-state index contributed by atoms with van der Waals surface area (Å²) in [5.74, 6) is 1.87. The van der Waals surface area contributed by atoms with Crippen LogP contribution in [0.5, 0.6) is 0 Å². The first-order valence-electron chi connectivity index (χ1n) is 6.64. The molecule has 0 aromatic heterocycles. The Kier molecular flexibility index (Phi) is 3.56. The summed E-state index contributed by atoms with van der Waals surface area (Å²) in [5.41, 5.74) is 4.45. The van der Waals surface area contributed by atoms with E-state index < -0.39 is 0 Å². The SMILES string of the molecule is CC(C)c1cccc2c1C(C(C)C)CNC=C2. The smallest absolute Gasteiger partial charge is 0.0213 e. The monoisotopic (exact) mass is 229 g/mol. The zero-order valence-corrected chi connectivity index (χ0v) is 11.3. The minimum absolute atomic E-state index is 0.595. The number of rotatable bonds is 2. The Bertz CT molecular complexity index is 416. The molecule has 92 valence electrons. The van der Waals surface area contributed by atoms with Crippen molar-refractivity contribution in [3.63, 3.8) is 0 Å². The molecule has 1 N–H and O–H groups in total. The molecule has 1 heterocycles. The number of fused-ring (bicyclic) bond motifs is 1. The molecule has 0 bridgehead atoms. The van der Waals surface area contributed by atoms with E-state index in [9.17, 15) is 0 Å². The van der Waals surface area contributed by atoms with Gasteiger partial charge in [0, 0.05) is 12.5 Å². The summed E-state index contributed by atoms with van der Waals surface area (Å²) in [6.45, 7) is 10.3. The maximum absolute atomic E-state index is 3.41. The van der Waals surface area contributed by atoms with E-state index in [4.69, 9.17) is 0 Å². The Labute approximate surface area is 105 Å². The number of hydrogen-bond acceptors (Lipinski definition) is 1. The highest BCUT2D eigenvalue weighted by molar-refractivity contribution is 5.58. The minimum Gasteiger partial charge on any atom is -0.390 e. The summed E-state index contributed by atoms with van der Waals surface area (Å²) in [6.07, 6.45) is 4.30. The lowest BCUT2D eigenvalue weighted by molar-refractivity contribution is 0.482. The molecular formula is C16H23N. The summed E-state index contributed by atoms with van der Waals surface area (Å²) in [4.78, 5) is 0. The molecule has 17 heavy (non-hydrogen) atoms. The van der Waals surface area contributed by atoms with Gasteiger partial charge in [0.25, 0.3) is 0 Å². The molecule has 0 spiro atoms. The molecule has 1 aliphatic rings. The maximum atomic E-state index is 3.41. The van der Waals surface area contributed by atoms with Crippen LogP contribution in [0.2, 0.25) is 0 Å². The van der Waals surface area contributed by atoms with Crippen molar-refractivity contribution in [2.75, 3.05) is 6.54 Å². The highest BCUT2D eigenvalue weighted by Crippen LogP contribution is 2.35. The zero-order valence-electron chi connectivity index (χ0n) is 11.3. The maximum Gasteiger partial charge on any atom is 0.0213 e. The summed E-state index contributed by atoms with van der Waals surface area (Å²) >= 11 is 0. The zero-order chi connectivity index (χ0) is 12.4. The molecule has 0 saturated heterocycles. The quantitative estimate of drug-likeness (QED) is 0.804. The van der Waals surface area contributed by atoms with Crippen LogP contribution in [-0.4, -0.2) is 6.54 Å². The Morgan fingerprint density at radius 3 is 2.59 bits per heavy atom. The molecular weight excluding hydrogens is 206 g/mol. The highest BCUT2D eigenvalue weighted by atomic mass is 14.8. The van der Waals surface area contributed by atoms with Crippen molar-refractivity contribution in [3.8, 4) is 0 Å². The largest absolute Gasteiger partial charge is 0.390 e. The molecule has 2 rings (SSSR count). The lowest BCUT2D eigenvalue weighted by Gasteiger charge is -2.26. The van der Waals surface area contributed by atoms with Crippen LogP contribution < -0.4 is 5.32 Å². The van der Waals surface area contributed by atoms with Crippen LogP contribution in [0.1, 0.15) is 56.2 Å². The number of hydrogen-bond donors (Lipinski definition) is 1. The first kappa shape index (κ1) is 12.2. The van der Waals surface area contributed by atoms with E-state index in [0.717, 1.165) is 6.54 Å². The van der Waals surface area contributed by atoms with Crippen LogP contribution in [0.3, 0.4) is 0 Å². The first-order chi connectivity index (χ1) is 8.11. The van der Waals surface area contributed by atoms with Gasteiger partial charge in [0.1, 0.15) is 0 Å². The van der Waals surface area contributed by atoms with Crippen LogP contribution in [-0.2, 0) is 0 Å². The van der Waals surface area contributed by atoms with Gasteiger partial charge in [-0.3, -0.25) is 0 Å². The van der Waals surface area contributed by atoms with Crippen LogP contribution in [0.4, 0.5) is 0 Å². The molecule has 0 aliphatic carbocycles. The molecule has 0 radical (unpaired) electrons. The number of benzene rings is 1. The van der Waals surface area contributed by atoms with Crippen molar-refractivity contribution < 1.29 is 0 Å². The predicted octanol–water partition coefficient (Wildman–Crippen LogP) is 4.12. The van der Waals surface area contributed by atoms with Gasteiger partial charge in [-0.1, -0.05) is 45.9 Å². The fraction of sp³-hybridized carbons (Fsp3) is 0.500. The highest BCUT2D eigenvalue weighted by Gasteiger charge is 2.23. The standard InChI is InChI=1S/C16H23N/c1-11(2)14-7-5-6-13-8-9-17-10-15(12(3)4)16(13)14/h5-9,11-12,15,17H,10H2,1-4H3. The Balaban J connectivity index is 2.57. The molecule has 0 saturated carbocycles. The van der Waals surface area contributed by atoms with E-state index in [0.29, 0.717) is 17.8 Å². The van der Waals surface area contributed by atoms with E-state index in [1.165, 1.54) is 11.1 Å². The van der Waals surface area contributed by atoms with Gasteiger partial charge in [-0.05, 0) is 40.8 Å². The van der Waals surface area contributed by atoms with Gasteiger partial charge >= 0.3 is 0 Å². The second-order valence-electron chi connectivity index (χ2n) is 5.60. The van der Waals surface area contributed by atoms with E-state index >= 15 is 0 Å². The Morgan fingerprint density at radius 1 is 1.18 bits per heavy atom. The summed E-state index contributed by atoms with van der Waals surface area (Å²) in [5, 5.41) is 3.41. The Morgan fingerprint density at radius 2 is 1.94 bits per heavy atom. The van der Waals surface area contributed by atoms with Crippen LogP contribution in [0.25, 0.3) is 6.08 Å². The molecule has 1 aromatic carbocycles. The van der Waals surface area contributed by atoms with Crippen molar-refractivity contribution >= 4 is 6.08 Å². The Hall–Kier alpha value is -1.24. The van der Waals surface area contributed by atoms with Crippen molar-refractivity contribution in [2.45, 2.75) is 39.5 Å². The summed E-state index contributed by atoms with van der Waals surface area (Å²) < 4.78 is 0. The van der Waals surface area contributed by atoms with Gasteiger partial charge in [-0.2, -0.15) is 0 Å². The first-order valence-corrected chi connectivity index (χ1v) is 6.64. The van der Waals surface area contributed by atoms with E-state index in [1.807, 2.05) is 0 Å². The summed E-state index contributed by atoms with van der Waals surface area (Å²) in [6, 6.07) is 6.71. The molecule has 1 heteroatoms. The van der Waals surface area contributed by atoms with Gasteiger partial charge in [0.2, 0.25) is 0 Å². The molecule has 1 aliphatic heterocycles. The molecule has 1 aromatic rings. The van der Waals surface area contributed by atoms with Crippen molar-refractivity contribution in [1.29, 1.82) is 0 Å². The molecule has 1 atom stereocenters. The van der Waals surface area contributed by atoms with Crippen LogP contribution >= 0.6 is 0 Å². The average Bonchev–Trinajstić information content (AvgIpc) is 2.50. The van der Waals surface area contributed by atoms with Gasteiger partial charge in [0.05, 0.1) is 0 Å². The fourth-order valence-corrected chi connectivity index (χ4v) is 2.69. The normalized spacial score (nSPS) is 19.1. The van der Waals surface area contributed by atoms with Gasteiger partial charge < -0.3 is 5.32 Å². The van der Waals surface area contributed by atoms with Gasteiger partial charge in [-0.25, -0.2) is 0 Å². The predicted molar refractivity (Wildman–Crippen MR) is 75.1 cm³/mol. The second-order valence-corrected chi connectivity index (χ2v) is 5.60. The second kappa shape index (κ2) is 4.95. The van der Waals surface area contributed by atoms with E-state index in [-0.39, 0.29) is 0 Å².